The molecule has 0 spiro atoms. The molecule has 0 saturated carbocycles. The predicted molar refractivity (Wildman–Crippen MR) is 82.1 cm³/mol. The maximum absolute atomic E-state index is 12.0. The molecule has 4 nitrogen and oxygen atoms in total. The van der Waals surface area contributed by atoms with Gasteiger partial charge in [0.1, 0.15) is 0 Å². The number of hydrogen-bond donors (Lipinski definition) is 2. The maximum atomic E-state index is 12.0. The Kier molecular flexibility index (Phi) is 4.53. The summed E-state index contributed by atoms with van der Waals surface area (Å²) >= 11 is 1.56. The number of thiophene rings is 1. The summed E-state index contributed by atoms with van der Waals surface area (Å²) in [5.74, 6) is -0.194. The molecule has 5 heteroatoms. The summed E-state index contributed by atoms with van der Waals surface area (Å²) in [6.07, 6.45) is 0.363. The molecule has 1 aromatic heterocycles. The molecule has 0 aliphatic heterocycles. The molecule has 1 aromatic carbocycles. The lowest BCUT2D eigenvalue weighted by Gasteiger charge is -2.10. The van der Waals surface area contributed by atoms with Crippen LogP contribution in [0.2, 0.25) is 0 Å². The first-order valence-electron chi connectivity index (χ1n) is 6.25. The Morgan fingerprint density at radius 1 is 1.20 bits per heavy atom. The summed E-state index contributed by atoms with van der Waals surface area (Å²) in [6.45, 7) is 3.37. The van der Waals surface area contributed by atoms with Crippen LogP contribution in [0.4, 0.5) is 11.4 Å². The Morgan fingerprint density at radius 3 is 2.65 bits per heavy atom. The van der Waals surface area contributed by atoms with Gasteiger partial charge in [-0.1, -0.05) is 12.1 Å². The van der Waals surface area contributed by atoms with Crippen LogP contribution in [0.15, 0.2) is 35.7 Å². The van der Waals surface area contributed by atoms with Gasteiger partial charge in [0.2, 0.25) is 11.8 Å². The Balaban J connectivity index is 2.07. The Bertz CT molecular complexity index is 621. The fraction of sp³-hybridized carbons (Fsp3) is 0.200. The first-order chi connectivity index (χ1) is 9.54. The summed E-state index contributed by atoms with van der Waals surface area (Å²) in [5.41, 5.74) is 2.35. The second-order valence-corrected chi connectivity index (χ2v) is 5.55. The number of rotatable bonds is 4. The van der Waals surface area contributed by atoms with Gasteiger partial charge in [0.25, 0.3) is 0 Å². The number of anilines is 2. The fourth-order valence-corrected chi connectivity index (χ4v) is 2.51. The van der Waals surface area contributed by atoms with Crippen molar-refractivity contribution in [2.45, 2.75) is 20.3 Å². The summed E-state index contributed by atoms with van der Waals surface area (Å²) in [6, 6.07) is 9.31. The highest BCUT2D eigenvalue weighted by atomic mass is 32.1. The largest absolute Gasteiger partial charge is 0.326 e. The van der Waals surface area contributed by atoms with Crippen LogP contribution in [0.5, 0.6) is 0 Å². The summed E-state index contributed by atoms with van der Waals surface area (Å²) < 4.78 is 0. The van der Waals surface area contributed by atoms with Crippen molar-refractivity contribution < 1.29 is 9.59 Å². The van der Waals surface area contributed by atoms with Crippen LogP contribution in [-0.2, 0) is 16.0 Å². The molecule has 0 atom stereocenters. The predicted octanol–water partition coefficient (Wildman–Crippen LogP) is 3.20. The zero-order valence-electron chi connectivity index (χ0n) is 11.4. The van der Waals surface area contributed by atoms with Crippen LogP contribution < -0.4 is 10.6 Å². The molecule has 0 radical (unpaired) electrons. The third kappa shape index (κ3) is 3.93. The second-order valence-electron chi connectivity index (χ2n) is 4.52. The molecule has 2 rings (SSSR count). The molecule has 2 aromatic rings. The first kappa shape index (κ1) is 14.3. The van der Waals surface area contributed by atoms with Crippen molar-refractivity contribution in [3.63, 3.8) is 0 Å². The molecule has 20 heavy (non-hydrogen) atoms. The highest BCUT2D eigenvalue weighted by Gasteiger charge is 2.08. The Hall–Kier alpha value is -2.14. The van der Waals surface area contributed by atoms with Crippen LogP contribution in [0.3, 0.4) is 0 Å². The van der Waals surface area contributed by atoms with E-state index in [-0.39, 0.29) is 11.8 Å². The molecule has 0 saturated heterocycles. The normalized spacial score (nSPS) is 10.1. The lowest BCUT2D eigenvalue weighted by molar-refractivity contribution is -0.115. The molecule has 2 N–H and O–H groups in total. The van der Waals surface area contributed by atoms with E-state index in [4.69, 9.17) is 0 Å². The van der Waals surface area contributed by atoms with Crippen LogP contribution in [0.1, 0.15) is 17.4 Å². The zero-order chi connectivity index (χ0) is 14.5. The van der Waals surface area contributed by atoms with Crippen molar-refractivity contribution in [3.05, 3.63) is 46.2 Å². The number of amides is 2. The topological polar surface area (TPSA) is 58.2 Å². The quantitative estimate of drug-likeness (QED) is 0.907. The molecule has 104 valence electrons. The van der Waals surface area contributed by atoms with E-state index in [1.807, 2.05) is 36.6 Å². The number of benzene rings is 1. The molecule has 0 bridgehead atoms. The van der Waals surface area contributed by atoms with E-state index >= 15 is 0 Å². The van der Waals surface area contributed by atoms with Gasteiger partial charge in [-0.3, -0.25) is 9.59 Å². The molecule has 2 amide bonds. The van der Waals surface area contributed by atoms with E-state index in [2.05, 4.69) is 10.6 Å². The van der Waals surface area contributed by atoms with Crippen LogP contribution >= 0.6 is 11.3 Å². The van der Waals surface area contributed by atoms with Gasteiger partial charge >= 0.3 is 0 Å². The molecule has 1 heterocycles. The average molecular weight is 288 g/mol. The van der Waals surface area contributed by atoms with Gasteiger partial charge in [0.15, 0.2) is 0 Å². The zero-order valence-corrected chi connectivity index (χ0v) is 12.2. The molecular weight excluding hydrogens is 272 g/mol. The highest BCUT2D eigenvalue weighted by molar-refractivity contribution is 7.10. The van der Waals surface area contributed by atoms with Gasteiger partial charge in [0, 0.05) is 23.2 Å². The standard InChI is InChI=1S/C15H16N2O2S/c1-10-5-6-12(16-11(2)18)8-14(10)17-15(19)9-13-4-3-7-20-13/h3-8H,9H2,1-2H3,(H,16,18)(H,17,19). The number of aryl methyl sites for hydroxylation is 1. The van der Waals surface area contributed by atoms with E-state index in [1.54, 1.807) is 17.4 Å². The number of nitrogens with one attached hydrogen (secondary N) is 2. The number of carbonyl (C=O) groups excluding carboxylic acids is 2. The summed E-state index contributed by atoms with van der Waals surface area (Å²) in [5, 5.41) is 7.53. The molecule has 0 aliphatic carbocycles. The van der Waals surface area contributed by atoms with E-state index in [0.29, 0.717) is 12.1 Å². The Labute approximate surface area is 121 Å². The maximum Gasteiger partial charge on any atom is 0.229 e. The number of carbonyl (C=O) groups is 2. The van der Waals surface area contributed by atoms with E-state index in [0.717, 1.165) is 16.1 Å². The third-order valence-electron chi connectivity index (χ3n) is 2.75. The van der Waals surface area contributed by atoms with Crippen molar-refractivity contribution >= 4 is 34.5 Å². The summed E-state index contributed by atoms with van der Waals surface area (Å²) in [4.78, 5) is 24.0. The van der Waals surface area contributed by atoms with Crippen molar-refractivity contribution in [3.8, 4) is 0 Å². The lowest BCUT2D eigenvalue weighted by Crippen LogP contribution is -2.15. The van der Waals surface area contributed by atoms with Gasteiger partial charge in [-0.15, -0.1) is 11.3 Å². The van der Waals surface area contributed by atoms with Gasteiger partial charge in [-0.25, -0.2) is 0 Å². The van der Waals surface area contributed by atoms with Crippen molar-refractivity contribution in [2.75, 3.05) is 10.6 Å². The molecular formula is C15H16N2O2S. The van der Waals surface area contributed by atoms with E-state index < -0.39 is 0 Å². The van der Waals surface area contributed by atoms with Gasteiger partial charge in [-0.2, -0.15) is 0 Å². The minimum atomic E-state index is -0.135. The smallest absolute Gasteiger partial charge is 0.229 e. The van der Waals surface area contributed by atoms with Crippen molar-refractivity contribution in [1.82, 2.24) is 0 Å². The van der Waals surface area contributed by atoms with Crippen molar-refractivity contribution in [1.29, 1.82) is 0 Å². The minimum absolute atomic E-state index is 0.0597. The molecule has 0 aliphatic rings. The number of hydrogen-bond acceptors (Lipinski definition) is 3. The minimum Gasteiger partial charge on any atom is -0.326 e. The third-order valence-corrected chi connectivity index (χ3v) is 3.62. The van der Waals surface area contributed by atoms with Gasteiger partial charge in [-0.05, 0) is 36.1 Å². The molecule has 0 fully saturated rings. The van der Waals surface area contributed by atoms with Crippen molar-refractivity contribution in [2.24, 2.45) is 0 Å². The monoisotopic (exact) mass is 288 g/mol. The lowest BCUT2D eigenvalue weighted by atomic mass is 10.1. The second kappa shape index (κ2) is 6.34. The highest BCUT2D eigenvalue weighted by Crippen LogP contribution is 2.21. The first-order valence-corrected chi connectivity index (χ1v) is 7.13. The average Bonchev–Trinajstić information content (AvgIpc) is 2.85. The van der Waals surface area contributed by atoms with E-state index in [9.17, 15) is 9.59 Å². The van der Waals surface area contributed by atoms with Gasteiger partial charge in [0.05, 0.1) is 6.42 Å². The van der Waals surface area contributed by atoms with E-state index in [1.165, 1.54) is 6.92 Å². The van der Waals surface area contributed by atoms with Gasteiger partial charge < -0.3 is 10.6 Å². The van der Waals surface area contributed by atoms with Crippen LogP contribution in [0.25, 0.3) is 0 Å². The fourth-order valence-electron chi connectivity index (χ4n) is 1.80. The van der Waals surface area contributed by atoms with Crippen LogP contribution in [-0.4, -0.2) is 11.8 Å². The molecule has 0 unspecified atom stereocenters. The van der Waals surface area contributed by atoms with Crippen LogP contribution in [0, 0.1) is 6.92 Å². The summed E-state index contributed by atoms with van der Waals surface area (Å²) in [7, 11) is 0. The Morgan fingerprint density at radius 2 is 2.00 bits per heavy atom. The SMILES string of the molecule is CC(=O)Nc1ccc(C)c(NC(=O)Cc2cccs2)c1.